The van der Waals surface area contributed by atoms with E-state index in [1.807, 2.05) is 36.4 Å². The first-order valence-electron chi connectivity index (χ1n) is 21.5. The topological polar surface area (TPSA) is 55.4 Å². The molecule has 6 nitrogen and oxygen atoms in total. The zero-order chi connectivity index (χ0) is 44.3. The Kier molecular flexibility index (Phi) is 11.5. The third-order valence-electron chi connectivity index (χ3n) is 13.1. The van der Waals surface area contributed by atoms with Crippen LogP contribution in [0.5, 0.6) is 17.2 Å². The molecular weight excluding hydrogens is 807 g/mol. The molecule has 21 heterocycles. The van der Waals surface area contributed by atoms with Crippen molar-refractivity contribution in [2.75, 3.05) is 0 Å². The zero-order valence-corrected chi connectivity index (χ0v) is 40.0. The van der Waals surface area contributed by atoms with Gasteiger partial charge in [0.15, 0.2) is 0 Å². The van der Waals surface area contributed by atoms with Gasteiger partial charge in [0.25, 0.3) is 0 Å². The molecule has 0 saturated carbocycles. The van der Waals surface area contributed by atoms with Crippen molar-refractivity contribution >= 4 is 17.2 Å². The minimum atomic E-state index is -1.93. The SMILES string of the molecule is CC1(C)OP2OC(C)(C)c3ccc(cc3)C(C)(C)c3ccc(cc3)OP(Oc3ccc(cc3)C(C)(C)c3ccc1cc3)Oc1ccc(cc1)C(C)(C)c1ccc(cc1)C(C)(C)O2. The van der Waals surface area contributed by atoms with Crippen LogP contribution in [0.1, 0.15) is 133 Å². The highest BCUT2D eigenvalue weighted by atomic mass is 31.2. The van der Waals surface area contributed by atoms with Gasteiger partial charge in [-0.3, -0.25) is 0 Å². The van der Waals surface area contributed by atoms with E-state index in [1.165, 1.54) is 16.7 Å². The van der Waals surface area contributed by atoms with Gasteiger partial charge < -0.3 is 27.1 Å². The molecule has 0 N–H and O–H groups in total. The zero-order valence-electron chi connectivity index (χ0n) is 38.2. The summed E-state index contributed by atoms with van der Waals surface area (Å²) in [7, 11) is -3.84. The second kappa shape index (κ2) is 16.2. The summed E-state index contributed by atoms with van der Waals surface area (Å²) in [5.74, 6) is 1.97. The minimum Gasteiger partial charge on any atom is -0.409 e. The Labute approximate surface area is 371 Å². The Hall–Kier alpha value is -4.54. The van der Waals surface area contributed by atoms with Crippen LogP contribution in [0.2, 0.25) is 0 Å². The van der Waals surface area contributed by atoms with Crippen molar-refractivity contribution in [2.24, 2.45) is 0 Å². The van der Waals surface area contributed by atoms with E-state index >= 15 is 0 Å². The predicted octanol–water partition coefficient (Wildman–Crippen LogP) is 15.4. The highest BCUT2D eigenvalue weighted by molar-refractivity contribution is 7.43. The summed E-state index contributed by atoms with van der Waals surface area (Å²) in [6, 6.07) is 50.8. The largest absolute Gasteiger partial charge is 0.530 e. The van der Waals surface area contributed by atoms with Gasteiger partial charge in [-0.05, 0) is 128 Å². The first kappa shape index (κ1) is 44.1. The van der Waals surface area contributed by atoms with Crippen LogP contribution in [-0.4, -0.2) is 0 Å². The van der Waals surface area contributed by atoms with Gasteiger partial charge in [-0.25, -0.2) is 0 Å². The molecule has 0 amide bonds. The van der Waals surface area contributed by atoms with Crippen molar-refractivity contribution in [1.29, 1.82) is 0 Å². The molecule has 0 radical (unpaired) electrons. The van der Waals surface area contributed by atoms with Crippen LogP contribution in [0.4, 0.5) is 0 Å². The minimum absolute atomic E-state index is 0.307. The van der Waals surface area contributed by atoms with E-state index in [0.717, 1.165) is 33.4 Å². The van der Waals surface area contributed by atoms with Gasteiger partial charge in [-0.1, -0.05) is 151 Å². The summed E-state index contributed by atoms with van der Waals surface area (Å²) >= 11 is 0. The summed E-state index contributed by atoms with van der Waals surface area (Å²) in [5.41, 5.74) is 6.82. The van der Waals surface area contributed by atoms with Crippen LogP contribution in [0.3, 0.4) is 0 Å². The number of hydrogen-bond acceptors (Lipinski definition) is 6. The second-order valence-corrected chi connectivity index (χ2v) is 21.7. The molecule has 6 aromatic rings. The van der Waals surface area contributed by atoms with Crippen LogP contribution in [-0.2, 0) is 46.6 Å². The average molecular weight is 867 g/mol. The molecular formula is C54H60O6P2. The number of benzene rings is 6. The lowest BCUT2D eigenvalue weighted by Crippen LogP contribution is -2.28. The van der Waals surface area contributed by atoms with Gasteiger partial charge in [-0.2, -0.15) is 0 Å². The highest BCUT2D eigenvalue weighted by Gasteiger charge is 2.39. The van der Waals surface area contributed by atoms with Crippen LogP contribution in [0.25, 0.3) is 0 Å². The fraction of sp³-hybridized carbons (Fsp3) is 0.333. The first-order chi connectivity index (χ1) is 29.1. The van der Waals surface area contributed by atoms with Gasteiger partial charge in [0, 0.05) is 16.2 Å². The fourth-order valence-corrected chi connectivity index (χ4v) is 10.8. The molecule has 0 aromatic heterocycles. The molecule has 0 aliphatic carbocycles. The molecule has 0 spiro atoms. The highest BCUT2D eigenvalue weighted by Crippen LogP contribution is 2.56. The molecule has 21 aliphatic heterocycles. The third kappa shape index (κ3) is 8.83. The van der Waals surface area contributed by atoms with E-state index in [0.29, 0.717) is 17.2 Å². The lowest BCUT2D eigenvalue weighted by atomic mass is 9.77. The molecule has 0 atom stereocenters. The van der Waals surface area contributed by atoms with Gasteiger partial charge in [0.1, 0.15) is 17.2 Å². The van der Waals surface area contributed by atoms with Gasteiger partial charge in [0.2, 0.25) is 0 Å². The summed E-state index contributed by atoms with van der Waals surface area (Å²) in [5, 5.41) is 0. The molecule has 14 bridgehead atoms. The Morgan fingerprint density at radius 1 is 0.242 bits per heavy atom. The van der Waals surface area contributed by atoms with Crippen LogP contribution in [0, 0.1) is 0 Å². The van der Waals surface area contributed by atoms with E-state index in [9.17, 15) is 0 Å². The van der Waals surface area contributed by atoms with Crippen LogP contribution < -0.4 is 13.6 Å². The standard InChI is InChI=1S/C54H60O6P2/c1-49(2)37-13-19-43(20-14-37)52(7,8)58-62-59-53(9,10)44-21-15-38(16-22-44)50(3,4)41-27-33-47(34-28-41)56-61(55-46-31-25-40(49)26-32-46)57-48-35-29-42(30-36-48)51(5,6)39-17-23-45(24-18-39)54(11,12)60-62/h13-36H,1-12H3. The van der Waals surface area contributed by atoms with E-state index in [2.05, 4.69) is 192 Å². The molecule has 0 unspecified atom stereocenters. The maximum atomic E-state index is 7.06. The average Bonchev–Trinajstić information content (AvgIpc) is 3.23. The molecule has 322 valence electrons. The maximum Gasteiger partial charge on any atom is 0.530 e. The smallest absolute Gasteiger partial charge is 0.409 e. The fourth-order valence-electron chi connectivity index (χ4n) is 8.25. The summed E-state index contributed by atoms with van der Waals surface area (Å²) in [6.07, 6.45) is 0. The normalized spacial score (nSPS) is 21.9. The monoisotopic (exact) mass is 866 g/mol. The molecule has 0 fully saturated rings. The van der Waals surface area contributed by atoms with E-state index in [1.54, 1.807) is 0 Å². The Bertz CT molecular complexity index is 2200. The third-order valence-corrected chi connectivity index (χ3v) is 16.0. The number of rotatable bonds is 0. The predicted molar refractivity (Wildman–Crippen MR) is 253 cm³/mol. The molecule has 8 heteroatoms. The van der Waals surface area contributed by atoms with Crippen LogP contribution in [0.15, 0.2) is 146 Å². The molecule has 27 rings (SSSR count). The van der Waals surface area contributed by atoms with E-state index in [4.69, 9.17) is 27.1 Å². The molecule has 0 saturated heterocycles. The number of hydrogen-bond donors (Lipinski definition) is 0. The summed E-state index contributed by atoms with van der Waals surface area (Å²) < 4.78 is 40.9. The Balaban J connectivity index is 1.30. The first-order valence-corrected chi connectivity index (χ1v) is 23.7. The van der Waals surface area contributed by atoms with Crippen molar-refractivity contribution < 1.29 is 27.1 Å². The second-order valence-electron chi connectivity index (χ2n) is 19.7. The van der Waals surface area contributed by atoms with Gasteiger partial charge in [-0.15, -0.1) is 0 Å². The van der Waals surface area contributed by atoms with Gasteiger partial charge in [0.05, 0.1) is 16.8 Å². The van der Waals surface area contributed by atoms with E-state index < -0.39 is 34.0 Å². The lowest BCUT2D eigenvalue weighted by Gasteiger charge is -2.38. The van der Waals surface area contributed by atoms with E-state index in [-0.39, 0.29) is 16.2 Å². The van der Waals surface area contributed by atoms with Crippen molar-refractivity contribution in [1.82, 2.24) is 0 Å². The Morgan fingerprint density at radius 2 is 0.419 bits per heavy atom. The van der Waals surface area contributed by atoms with Gasteiger partial charge >= 0.3 is 17.2 Å². The van der Waals surface area contributed by atoms with Crippen molar-refractivity contribution in [2.45, 2.75) is 116 Å². The van der Waals surface area contributed by atoms with Crippen LogP contribution >= 0.6 is 17.2 Å². The quantitative estimate of drug-likeness (QED) is 0.142. The summed E-state index contributed by atoms with van der Waals surface area (Å²) in [6.45, 7) is 26.0. The molecule has 21 aliphatic rings. The van der Waals surface area contributed by atoms with Crippen molar-refractivity contribution in [3.05, 3.63) is 196 Å². The Morgan fingerprint density at radius 3 is 0.629 bits per heavy atom. The molecule has 62 heavy (non-hydrogen) atoms. The molecule has 6 aromatic carbocycles. The lowest BCUT2D eigenvalue weighted by molar-refractivity contribution is -0.0193. The summed E-state index contributed by atoms with van der Waals surface area (Å²) in [4.78, 5) is 0. The maximum absolute atomic E-state index is 7.06. The van der Waals surface area contributed by atoms with Crippen molar-refractivity contribution in [3.8, 4) is 17.2 Å². The van der Waals surface area contributed by atoms with Crippen molar-refractivity contribution in [3.63, 3.8) is 0 Å².